The maximum absolute atomic E-state index is 11.3. The predicted molar refractivity (Wildman–Crippen MR) is 66.4 cm³/mol. The summed E-state index contributed by atoms with van der Waals surface area (Å²) in [5, 5.41) is 4.27. The zero-order valence-electron chi connectivity index (χ0n) is 9.56. The van der Waals surface area contributed by atoms with Crippen LogP contribution in [0.4, 0.5) is 0 Å². The summed E-state index contributed by atoms with van der Waals surface area (Å²) in [7, 11) is 0. The molecule has 1 fully saturated rings. The maximum atomic E-state index is 11.3. The summed E-state index contributed by atoms with van der Waals surface area (Å²) in [5.41, 5.74) is 6.78. The van der Waals surface area contributed by atoms with Gasteiger partial charge in [0.25, 0.3) is 0 Å². The third-order valence-corrected chi connectivity index (χ3v) is 4.03. The second-order valence-electron chi connectivity index (χ2n) is 4.48. The molecular formula is C12H18N2OS. The zero-order chi connectivity index (χ0) is 11.5. The van der Waals surface area contributed by atoms with Gasteiger partial charge >= 0.3 is 0 Å². The topological polar surface area (TPSA) is 46.3 Å². The summed E-state index contributed by atoms with van der Waals surface area (Å²) in [6, 6.07) is 2.50. The average Bonchev–Trinajstić information content (AvgIpc) is 2.86. The second-order valence-corrected chi connectivity index (χ2v) is 5.26. The summed E-state index contributed by atoms with van der Waals surface area (Å²) in [5.74, 6) is -0.172. The highest BCUT2D eigenvalue weighted by Gasteiger charge is 2.32. The number of nitrogens with zero attached hydrogens (tertiary/aromatic N) is 1. The number of carbonyl (C=O) groups excluding carboxylic acids is 1. The molecule has 2 rings (SSSR count). The van der Waals surface area contributed by atoms with Gasteiger partial charge in [0.2, 0.25) is 5.91 Å². The molecule has 1 aliphatic rings. The molecular weight excluding hydrogens is 220 g/mol. The Morgan fingerprint density at radius 2 is 2.56 bits per heavy atom. The minimum Gasteiger partial charge on any atom is -0.368 e. The highest BCUT2D eigenvalue weighted by molar-refractivity contribution is 7.07. The highest BCUT2D eigenvalue weighted by Crippen LogP contribution is 2.22. The van der Waals surface area contributed by atoms with Gasteiger partial charge in [-0.15, -0.1) is 0 Å². The SMILES string of the molecule is CC(Cc1ccsc1)N1CCC[C@@H]1C(N)=O. The summed E-state index contributed by atoms with van der Waals surface area (Å²) in [6.45, 7) is 3.18. The molecule has 2 heterocycles. The number of amides is 1. The van der Waals surface area contributed by atoms with Gasteiger partial charge in [-0.25, -0.2) is 0 Å². The molecule has 0 bridgehead atoms. The number of rotatable bonds is 4. The van der Waals surface area contributed by atoms with Gasteiger partial charge in [0, 0.05) is 6.04 Å². The van der Waals surface area contributed by atoms with Crippen LogP contribution in [0.5, 0.6) is 0 Å². The van der Waals surface area contributed by atoms with Crippen LogP contribution in [0.25, 0.3) is 0 Å². The molecule has 1 saturated heterocycles. The first-order valence-corrected chi connectivity index (χ1v) is 6.69. The smallest absolute Gasteiger partial charge is 0.234 e. The van der Waals surface area contributed by atoms with Gasteiger partial charge in [-0.3, -0.25) is 9.69 Å². The number of hydrogen-bond donors (Lipinski definition) is 1. The number of primary amides is 1. The number of carbonyl (C=O) groups is 1. The Kier molecular flexibility index (Phi) is 3.61. The fraction of sp³-hybridized carbons (Fsp3) is 0.583. The largest absolute Gasteiger partial charge is 0.368 e. The standard InChI is InChI=1S/C12H18N2OS/c1-9(7-10-4-6-16-8-10)14-5-2-3-11(14)12(13)15/h4,6,8-9,11H,2-3,5,7H2,1H3,(H2,13,15)/t9?,11-/m1/s1. The van der Waals surface area contributed by atoms with Crippen molar-refractivity contribution in [1.29, 1.82) is 0 Å². The van der Waals surface area contributed by atoms with E-state index in [0.29, 0.717) is 6.04 Å². The van der Waals surface area contributed by atoms with E-state index in [1.54, 1.807) is 11.3 Å². The molecule has 2 atom stereocenters. The lowest BCUT2D eigenvalue weighted by Gasteiger charge is -2.28. The van der Waals surface area contributed by atoms with Gasteiger partial charge in [0.15, 0.2) is 0 Å². The maximum Gasteiger partial charge on any atom is 0.234 e. The second kappa shape index (κ2) is 4.97. The van der Waals surface area contributed by atoms with Crippen LogP contribution in [0.3, 0.4) is 0 Å². The Labute approximate surface area is 100 Å². The van der Waals surface area contributed by atoms with Gasteiger partial charge in [-0.1, -0.05) is 0 Å². The van der Waals surface area contributed by atoms with Crippen molar-refractivity contribution >= 4 is 17.2 Å². The molecule has 0 spiro atoms. The van der Waals surface area contributed by atoms with Crippen LogP contribution in [0.1, 0.15) is 25.3 Å². The van der Waals surface area contributed by atoms with Gasteiger partial charge in [-0.05, 0) is 55.1 Å². The molecule has 0 aromatic carbocycles. The molecule has 2 N–H and O–H groups in total. The first kappa shape index (κ1) is 11.6. The first-order valence-electron chi connectivity index (χ1n) is 5.74. The number of likely N-dealkylation sites (tertiary alicyclic amines) is 1. The number of hydrogen-bond acceptors (Lipinski definition) is 3. The van der Waals surface area contributed by atoms with E-state index in [0.717, 1.165) is 25.8 Å². The highest BCUT2D eigenvalue weighted by atomic mass is 32.1. The molecule has 16 heavy (non-hydrogen) atoms. The van der Waals surface area contributed by atoms with Crippen molar-refractivity contribution in [3.05, 3.63) is 22.4 Å². The molecule has 88 valence electrons. The van der Waals surface area contributed by atoms with Crippen LogP contribution in [-0.2, 0) is 11.2 Å². The van der Waals surface area contributed by atoms with Crippen molar-refractivity contribution < 1.29 is 4.79 Å². The lowest BCUT2D eigenvalue weighted by Crippen LogP contribution is -2.45. The Balaban J connectivity index is 1.98. The van der Waals surface area contributed by atoms with E-state index >= 15 is 0 Å². The van der Waals surface area contributed by atoms with Crippen LogP contribution < -0.4 is 5.73 Å². The summed E-state index contributed by atoms with van der Waals surface area (Å²) in [6.07, 6.45) is 3.01. The Morgan fingerprint density at radius 1 is 1.75 bits per heavy atom. The molecule has 0 aliphatic carbocycles. The molecule has 1 aliphatic heterocycles. The summed E-state index contributed by atoms with van der Waals surface area (Å²) in [4.78, 5) is 13.6. The van der Waals surface area contributed by atoms with Crippen LogP contribution >= 0.6 is 11.3 Å². The molecule has 3 nitrogen and oxygen atoms in total. The van der Waals surface area contributed by atoms with E-state index in [2.05, 4.69) is 28.7 Å². The van der Waals surface area contributed by atoms with Crippen molar-refractivity contribution in [3.63, 3.8) is 0 Å². The Hall–Kier alpha value is -0.870. The van der Waals surface area contributed by atoms with E-state index in [9.17, 15) is 4.79 Å². The van der Waals surface area contributed by atoms with E-state index < -0.39 is 0 Å². The van der Waals surface area contributed by atoms with Crippen molar-refractivity contribution in [2.75, 3.05) is 6.54 Å². The van der Waals surface area contributed by atoms with E-state index in [4.69, 9.17) is 5.73 Å². The monoisotopic (exact) mass is 238 g/mol. The lowest BCUT2D eigenvalue weighted by molar-refractivity contribution is -0.122. The van der Waals surface area contributed by atoms with E-state index in [1.807, 2.05) is 0 Å². The van der Waals surface area contributed by atoms with Crippen molar-refractivity contribution in [2.45, 2.75) is 38.3 Å². The third-order valence-electron chi connectivity index (χ3n) is 3.30. The van der Waals surface area contributed by atoms with Gasteiger partial charge in [0.1, 0.15) is 0 Å². The van der Waals surface area contributed by atoms with Crippen LogP contribution in [-0.4, -0.2) is 29.4 Å². The first-order chi connectivity index (χ1) is 7.68. The fourth-order valence-electron chi connectivity index (χ4n) is 2.49. The number of nitrogens with two attached hydrogens (primary N) is 1. The lowest BCUT2D eigenvalue weighted by atomic mass is 10.1. The van der Waals surface area contributed by atoms with Gasteiger partial charge in [-0.2, -0.15) is 11.3 Å². The van der Waals surface area contributed by atoms with Crippen molar-refractivity contribution in [2.24, 2.45) is 5.73 Å². The molecule has 1 aromatic heterocycles. The quantitative estimate of drug-likeness (QED) is 0.866. The summed E-state index contributed by atoms with van der Waals surface area (Å²) < 4.78 is 0. The molecule has 0 radical (unpaired) electrons. The molecule has 1 unspecified atom stereocenters. The molecule has 4 heteroatoms. The van der Waals surface area contributed by atoms with Crippen LogP contribution in [0, 0.1) is 0 Å². The predicted octanol–water partition coefficient (Wildman–Crippen LogP) is 1.63. The van der Waals surface area contributed by atoms with Crippen molar-refractivity contribution in [3.8, 4) is 0 Å². The van der Waals surface area contributed by atoms with E-state index in [1.165, 1.54) is 5.56 Å². The molecule has 1 amide bonds. The normalized spacial score (nSPS) is 23.4. The molecule has 0 saturated carbocycles. The van der Waals surface area contributed by atoms with Crippen molar-refractivity contribution in [1.82, 2.24) is 4.90 Å². The number of thiophene rings is 1. The van der Waals surface area contributed by atoms with Crippen LogP contribution in [0.15, 0.2) is 16.8 Å². The third kappa shape index (κ3) is 2.44. The van der Waals surface area contributed by atoms with Gasteiger partial charge < -0.3 is 5.73 Å². The van der Waals surface area contributed by atoms with Crippen LogP contribution in [0.2, 0.25) is 0 Å². The minimum atomic E-state index is -0.172. The minimum absolute atomic E-state index is 0.0476. The fourth-order valence-corrected chi connectivity index (χ4v) is 3.17. The van der Waals surface area contributed by atoms with E-state index in [-0.39, 0.29) is 11.9 Å². The average molecular weight is 238 g/mol. The molecule has 1 aromatic rings. The Morgan fingerprint density at radius 3 is 3.19 bits per heavy atom. The summed E-state index contributed by atoms with van der Waals surface area (Å²) >= 11 is 1.72. The zero-order valence-corrected chi connectivity index (χ0v) is 10.4. The Bertz CT molecular complexity index is 350. The van der Waals surface area contributed by atoms with Gasteiger partial charge in [0.05, 0.1) is 6.04 Å².